The van der Waals surface area contributed by atoms with Crippen LogP contribution in [0.4, 0.5) is 39.5 Å². The number of rotatable bonds is 8. The number of carbonyl (C=O) groups is 1. The number of ketones is 1. The third-order valence-electron chi connectivity index (χ3n) is 3.97. The Morgan fingerprint density at radius 3 is 1.73 bits per heavy atom. The molecule has 0 radical (unpaired) electrons. The summed E-state index contributed by atoms with van der Waals surface area (Å²) in [6.45, 7) is 2.15. The lowest BCUT2D eigenvalue weighted by Gasteiger charge is -2.34. The first-order valence-electron chi connectivity index (χ1n) is 8.64. The molecule has 1 heterocycles. The van der Waals surface area contributed by atoms with E-state index in [0.717, 1.165) is 25.0 Å². The van der Waals surface area contributed by atoms with Crippen LogP contribution in [0.2, 0.25) is 0 Å². The van der Waals surface area contributed by atoms with Crippen LogP contribution in [0.5, 0.6) is 0 Å². The standard InChI is InChI=1S/C11H21OS.C4HF9O3S/c1-2-3-7-11(12)10-13-8-5-4-6-9-13;5-1(6,3(9,10)11)2(7,8)4(12,13)17(14,15)16/h2-10H2,1H3;(H,14,15,16)/q+1;/p-1. The number of halogens is 9. The highest BCUT2D eigenvalue weighted by atomic mass is 32.2. The number of hydrogen-bond acceptors (Lipinski definition) is 4. The van der Waals surface area contributed by atoms with Gasteiger partial charge in [-0.25, -0.2) is 8.42 Å². The Labute approximate surface area is 170 Å². The summed E-state index contributed by atoms with van der Waals surface area (Å²) in [7, 11) is -6.94. The number of hydrogen-bond donors (Lipinski definition) is 0. The summed E-state index contributed by atoms with van der Waals surface area (Å²) in [4.78, 5) is 11.5. The number of alkyl halides is 9. The minimum absolute atomic E-state index is 0.472. The summed E-state index contributed by atoms with van der Waals surface area (Å²) in [5.41, 5.74) is 0. The first-order valence-corrected chi connectivity index (χ1v) is 11.8. The second-order valence-electron chi connectivity index (χ2n) is 6.49. The van der Waals surface area contributed by atoms with E-state index in [1.54, 1.807) is 0 Å². The number of unbranched alkanes of at least 4 members (excludes halogenated alkanes) is 1. The molecule has 0 bridgehead atoms. The van der Waals surface area contributed by atoms with Crippen molar-refractivity contribution >= 4 is 26.8 Å². The SMILES string of the molecule is CCCCC(=O)C[S+]1CCCCC1.O=S(=O)([O-])C(F)(F)C(F)(F)C(F)(F)C(F)(F)F. The van der Waals surface area contributed by atoms with Crippen LogP contribution < -0.4 is 0 Å². The molecule has 0 aromatic carbocycles. The predicted molar refractivity (Wildman–Crippen MR) is 90.9 cm³/mol. The maximum atomic E-state index is 12.2. The van der Waals surface area contributed by atoms with Gasteiger partial charge in [0, 0.05) is 6.42 Å². The van der Waals surface area contributed by atoms with Gasteiger partial charge in [0.2, 0.25) is 0 Å². The van der Waals surface area contributed by atoms with E-state index in [0.29, 0.717) is 16.7 Å². The van der Waals surface area contributed by atoms with E-state index >= 15 is 0 Å². The van der Waals surface area contributed by atoms with Crippen molar-refractivity contribution in [1.29, 1.82) is 0 Å². The Morgan fingerprint density at radius 1 is 0.900 bits per heavy atom. The third-order valence-corrected chi connectivity index (χ3v) is 7.32. The summed E-state index contributed by atoms with van der Waals surface area (Å²) in [5, 5.41) is -7.11. The van der Waals surface area contributed by atoms with Gasteiger partial charge in [0.05, 0.1) is 0 Å². The monoisotopic (exact) mass is 500 g/mol. The van der Waals surface area contributed by atoms with Gasteiger partial charge >= 0.3 is 23.3 Å². The fourth-order valence-electron chi connectivity index (χ4n) is 2.23. The topological polar surface area (TPSA) is 74.3 Å². The van der Waals surface area contributed by atoms with E-state index in [-0.39, 0.29) is 0 Å². The van der Waals surface area contributed by atoms with Gasteiger partial charge in [0.15, 0.2) is 21.7 Å². The molecule has 1 saturated heterocycles. The Morgan fingerprint density at radius 2 is 1.37 bits per heavy atom. The van der Waals surface area contributed by atoms with E-state index in [1.807, 2.05) is 0 Å². The van der Waals surface area contributed by atoms with E-state index in [1.165, 1.54) is 30.8 Å². The van der Waals surface area contributed by atoms with Crippen LogP contribution in [0.25, 0.3) is 0 Å². The molecule has 1 aliphatic rings. The zero-order valence-corrected chi connectivity index (χ0v) is 17.3. The Hall–Kier alpha value is -0.700. The molecule has 30 heavy (non-hydrogen) atoms. The van der Waals surface area contributed by atoms with Crippen molar-refractivity contribution in [2.24, 2.45) is 0 Å². The van der Waals surface area contributed by atoms with Crippen LogP contribution in [-0.4, -0.2) is 59.3 Å². The molecule has 0 aromatic heterocycles. The number of carbonyl (C=O) groups excluding carboxylic acids is 1. The van der Waals surface area contributed by atoms with Crippen molar-refractivity contribution in [3.05, 3.63) is 0 Å². The molecule has 0 unspecified atom stereocenters. The van der Waals surface area contributed by atoms with Crippen molar-refractivity contribution in [2.45, 2.75) is 68.7 Å². The van der Waals surface area contributed by atoms with Crippen molar-refractivity contribution in [1.82, 2.24) is 0 Å². The van der Waals surface area contributed by atoms with Crippen LogP contribution in [0, 0.1) is 0 Å². The Kier molecular flexibility index (Phi) is 10.5. The highest BCUT2D eigenvalue weighted by Crippen LogP contribution is 2.54. The molecular weight excluding hydrogens is 479 g/mol. The molecule has 0 amide bonds. The second kappa shape index (κ2) is 10.7. The minimum Gasteiger partial charge on any atom is -0.743 e. The van der Waals surface area contributed by atoms with Gasteiger partial charge in [-0.1, -0.05) is 13.3 Å². The van der Waals surface area contributed by atoms with E-state index in [4.69, 9.17) is 0 Å². The molecular formula is C15H21F9O4S2. The Balaban J connectivity index is 0.000000579. The molecule has 0 saturated carbocycles. The first kappa shape index (κ1) is 29.3. The van der Waals surface area contributed by atoms with Crippen LogP contribution in [-0.2, 0) is 25.8 Å². The number of Topliss-reactive ketones (excluding diaryl/α,β-unsaturated/α-hetero) is 1. The fraction of sp³-hybridized carbons (Fsp3) is 0.933. The predicted octanol–water partition coefficient (Wildman–Crippen LogP) is 4.51. The zero-order valence-electron chi connectivity index (χ0n) is 15.7. The quantitative estimate of drug-likeness (QED) is 0.279. The molecule has 0 aliphatic carbocycles. The van der Waals surface area contributed by atoms with Gasteiger partial charge in [-0.3, -0.25) is 4.79 Å². The second-order valence-corrected chi connectivity index (χ2v) is 10.2. The van der Waals surface area contributed by atoms with Crippen LogP contribution in [0.3, 0.4) is 0 Å². The molecule has 0 atom stereocenters. The van der Waals surface area contributed by atoms with Gasteiger partial charge in [-0.05, 0) is 36.6 Å². The first-order chi connectivity index (χ1) is 13.3. The van der Waals surface area contributed by atoms with Gasteiger partial charge in [-0.15, -0.1) is 0 Å². The summed E-state index contributed by atoms with van der Waals surface area (Å²) in [6.07, 6.45) is 0.0428. The van der Waals surface area contributed by atoms with Crippen molar-refractivity contribution in [2.75, 3.05) is 17.3 Å². The molecule has 1 rings (SSSR count). The summed E-state index contributed by atoms with van der Waals surface area (Å²) < 4.78 is 135. The normalized spacial score (nSPS) is 17.3. The average molecular weight is 500 g/mol. The third kappa shape index (κ3) is 7.18. The maximum absolute atomic E-state index is 12.2. The average Bonchev–Trinajstić information content (AvgIpc) is 2.59. The van der Waals surface area contributed by atoms with Gasteiger partial charge < -0.3 is 4.55 Å². The van der Waals surface area contributed by atoms with Gasteiger partial charge in [-0.2, -0.15) is 39.5 Å². The molecule has 0 spiro atoms. The molecule has 0 N–H and O–H groups in total. The van der Waals surface area contributed by atoms with Gasteiger partial charge in [0.1, 0.15) is 11.5 Å². The molecule has 180 valence electrons. The summed E-state index contributed by atoms with van der Waals surface area (Å²) in [5.74, 6) is -10.7. The van der Waals surface area contributed by atoms with Crippen molar-refractivity contribution in [3.8, 4) is 0 Å². The largest absolute Gasteiger partial charge is 0.743 e. The smallest absolute Gasteiger partial charge is 0.460 e. The molecule has 0 aromatic rings. The lowest BCUT2D eigenvalue weighted by atomic mass is 10.1. The van der Waals surface area contributed by atoms with Gasteiger partial charge in [0.25, 0.3) is 0 Å². The van der Waals surface area contributed by atoms with Crippen LogP contribution in [0.15, 0.2) is 0 Å². The minimum atomic E-state index is -7.43. The summed E-state index contributed by atoms with van der Waals surface area (Å²) in [6, 6.07) is 0. The van der Waals surface area contributed by atoms with Crippen molar-refractivity contribution in [3.63, 3.8) is 0 Å². The molecule has 1 aliphatic heterocycles. The van der Waals surface area contributed by atoms with E-state index < -0.39 is 33.4 Å². The van der Waals surface area contributed by atoms with Crippen molar-refractivity contribution < 1.29 is 57.3 Å². The van der Waals surface area contributed by atoms with E-state index in [9.17, 15) is 57.3 Å². The van der Waals surface area contributed by atoms with Crippen LogP contribution >= 0.6 is 0 Å². The van der Waals surface area contributed by atoms with Crippen LogP contribution in [0.1, 0.15) is 45.4 Å². The lowest BCUT2D eigenvalue weighted by molar-refractivity contribution is -0.382. The lowest BCUT2D eigenvalue weighted by Crippen LogP contribution is -2.63. The highest BCUT2D eigenvalue weighted by molar-refractivity contribution is 7.97. The highest BCUT2D eigenvalue weighted by Gasteiger charge is 2.83. The van der Waals surface area contributed by atoms with E-state index in [2.05, 4.69) is 6.92 Å². The Bertz CT molecular complexity index is 658. The summed E-state index contributed by atoms with van der Waals surface area (Å²) >= 11 is 0. The maximum Gasteiger partial charge on any atom is 0.460 e. The molecule has 4 nitrogen and oxygen atoms in total. The fourth-order valence-corrected chi connectivity index (χ4v) is 4.99. The zero-order chi connectivity index (χ0) is 24.0. The molecule has 1 fully saturated rings. The molecule has 15 heteroatoms.